The molecule has 0 aliphatic rings. The number of benzene rings is 1. The highest BCUT2D eigenvalue weighted by molar-refractivity contribution is 7.99. The Bertz CT molecular complexity index is 443. The molecule has 0 radical (unpaired) electrons. The molecule has 0 amide bonds. The van der Waals surface area contributed by atoms with Crippen molar-refractivity contribution in [2.75, 3.05) is 12.4 Å². The van der Waals surface area contributed by atoms with E-state index >= 15 is 0 Å². The Morgan fingerprint density at radius 3 is 3.14 bits per heavy atom. The number of nitrogens with one attached hydrogen (secondary N) is 1. The third-order valence-electron chi connectivity index (χ3n) is 1.75. The van der Waals surface area contributed by atoms with E-state index in [1.807, 2.05) is 18.2 Å². The van der Waals surface area contributed by atoms with Gasteiger partial charge in [-0.15, -0.1) is 0 Å². The SMILES string of the molecule is OCCSc1nc2ccc(Cl)cc2[nH]1. The third kappa shape index (κ3) is 2.03. The first kappa shape index (κ1) is 9.83. The molecule has 1 aromatic heterocycles. The minimum atomic E-state index is 0.155. The maximum absolute atomic E-state index is 8.66. The first-order valence-corrected chi connectivity index (χ1v) is 5.55. The van der Waals surface area contributed by atoms with Crippen molar-refractivity contribution in [3.8, 4) is 0 Å². The van der Waals surface area contributed by atoms with Gasteiger partial charge in [0.1, 0.15) is 0 Å². The Morgan fingerprint density at radius 2 is 2.36 bits per heavy atom. The number of hydrogen-bond acceptors (Lipinski definition) is 3. The van der Waals surface area contributed by atoms with Gasteiger partial charge in [-0.2, -0.15) is 0 Å². The van der Waals surface area contributed by atoms with Crippen LogP contribution in [0.4, 0.5) is 0 Å². The molecular weight excluding hydrogens is 220 g/mol. The van der Waals surface area contributed by atoms with Crippen LogP contribution in [0.5, 0.6) is 0 Å². The fraction of sp³-hybridized carbons (Fsp3) is 0.222. The number of thioether (sulfide) groups is 1. The summed E-state index contributed by atoms with van der Waals surface area (Å²) in [6, 6.07) is 5.52. The molecule has 74 valence electrons. The first-order valence-electron chi connectivity index (χ1n) is 4.18. The van der Waals surface area contributed by atoms with Crippen molar-refractivity contribution in [2.45, 2.75) is 5.16 Å². The average molecular weight is 229 g/mol. The summed E-state index contributed by atoms with van der Waals surface area (Å²) in [5.41, 5.74) is 1.83. The van der Waals surface area contributed by atoms with Crippen molar-refractivity contribution in [1.29, 1.82) is 0 Å². The van der Waals surface area contributed by atoms with Gasteiger partial charge >= 0.3 is 0 Å². The number of halogens is 1. The Hall–Kier alpha value is -0.710. The quantitative estimate of drug-likeness (QED) is 0.793. The molecule has 0 spiro atoms. The van der Waals surface area contributed by atoms with E-state index < -0.39 is 0 Å². The number of hydrogen-bond donors (Lipinski definition) is 2. The lowest BCUT2D eigenvalue weighted by molar-refractivity contribution is 0.322. The van der Waals surface area contributed by atoms with Crippen LogP contribution in [0.15, 0.2) is 23.4 Å². The van der Waals surface area contributed by atoms with Gasteiger partial charge in [0.15, 0.2) is 5.16 Å². The van der Waals surface area contributed by atoms with Crippen molar-refractivity contribution < 1.29 is 5.11 Å². The van der Waals surface area contributed by atoms with Gasteiger partial charge in [-0.1, -0.05) is 23.4 Å². The summed E-state index contributed by atoms with van der Waals surface area (Å²) in [5.74, 6) is 0.646. The van der Waals surface area contributed by atoms with Crippen LogP contribution in [0.1, 0.15) is 0 Å². The normalized spacial score (nSPS) is 11.0. The number of rotatable bonds is 3. The maximum Gasteiger partial charge on any atom is 0.166 e. The van der Waals surface area contributed by atoms with Crippen LogP contribution in [0.3, 0.4) is 0 Å². The summed E-state index contributed by atoms with van der Waals surface area (Å²) in [6.07, 6.45) is 0. The summed E-state index contributed by atoms with van der Waals surface area (Å²) in [7, 11) is 0. The number of aromatic nitrogens is 2. The first-order chi connectivity index (χ1) is 6.79. The van der Waals surface area contributed by atoms with E-state index in [0.29, 0.717) is 10.8 Å². The van der Waals surface area contributed by atoms with Crippen molar-refractivity contribution in [3.05, 3.63) is 23.2 Å². The smallest absolute Gasteiger partial charge is 0.166 e. The molecule has 0 unspecified atom stereocenters. The number of aliphatic hydroxyl groups is 1. The Kier molecular flexibility index (Phi) is 2.96. The lowest BCUT2D eigenvalue weighted by Crippen LogP contribution is -1.85. The number of nitrogens with zero attached hydrogens (tertiary/aromatic N) is 1. The zero-order chi connectivity index (χ0) is 9.97. The summed E-state index contributed by atoms with van der Waals surface area (Å²) in [6.45, 7) is 0.155. The van der Waals surface area contributed by atoms with Crippen LogP contribution in [0.25, 0.3) is 11.0 Å². The van der Waals surface area contributed by atoms with Crippen LogP contribution < -0.4 is 0 Å². The lowest BCUT2D eigenvalue weighted by atomic mass is 10.3. The average Bonchev–Trinajstić information content (AvgIpc) is 2.56. The highest BCUT2D eigenvalue weighted by Crippen LogP contribution is 2.21. The molecular formula is C9H9ClN2OS. The highest BCUT2D eigenvalue weighted by atomic mass is 35.5. The molecule has 3 nitrogen and oxygen atoms in total. The molecule has 0 fully saturated rings. The Morgan fingerprint density at radius 1 is 1.50 bits per heavy atom. The van der Waals surface area contributed by atoms with E-state index in [0.717, 1.165) is 16.2 Å². The van der Waals surface area contributed by atoms with Crippen molar-refractivity contribution in [2.24, 2.45) is 0 Å². The number of aromatic amines is 1. The minimum Gasteiger partial charge on any atom is -0.396 e. The molecule has 0 saturated heterocycles. The van der Waals surface area contributed by atoms with Gasteiger partial charge in [0, 0.05) is 10.8 Å². The van der Waals surface area contributed by atoms with Crippen LogP contribution in [-0.2, 0) is 0 Å². The molecule has 0 bridgehead atoms. The van der Waals surface area contributed by atoms with E-state index in [-0.39, 0.29) is 6.61 Å². The molecule has 0 atom stereocenters. The van der Waals surface area contributed by atoms with Crippen molar-refractivity contribution in [3.63, 3.8) is 0 Å². The molecule has 0 saturated carbocycles. The molecule has 2 aromatic rings. The van der Waals surface area contributed by atoms with Gasteiger partial charge in [-0.3, -0.25) is 0 Å². The zero-order valence-electron chi connectivity index (χ0n) is 7.33. The fourth-order valence-electron chi connectivity index (χ4n) is 1.17. The molecule has 1 aromatic carbocycles. The van der Waals surface area contributed by atoms with Gasteiger partial charge in [0.25, 0.3) is 0 Å². The maximum atomic E-state index is 8.66. The number of H-pyrrole nitrogens is 1. The summed E-state index contributed by atoms with van der Waals surface area (Å²) < 4.78 is 0. The van der Waals surface area contributed by atoms with E-state index in [1.165, 1.54) is 11.8 Å². The minimum absolute atomic E-state index is 0.155. The van der Waals surface area contributed by atoms with E-state index in [4.69, 9.17) is 16.7 Å². The molecule has 0 aliphatic carbocycles. The topological polar surface area (TPSA) is 48.9 Å². The second-order valence-electron chi connectivity index (χ2n) is 2.78. The molecule has 2 N–H and O–H groups in total. The predicted octanol–water partition coefficient (Wildman–Crippen LogP) is 2.30. The van der Waals surface area contributed by atoms with Crippen LogP contribution in [0, 0.1) is 0 Å². The van der Waals surface area contributed by atoms with Gasteiger partial charge in [0.2, 0.25) is 0 Å². The standard InChI is InChI=1S/C9H9ClN2OS/c10-6-1-2-7-8(5-6)12-9(11-7)14-4-3-13/h1-2,5,13H,3-4H2,(H,11,12). The fourth-order valence-corrected chi connectivity index (χ4v) is 1.97. The van der Waals surface area contributed by atoms with Crippen molar-refractivity contribution in [1.82, 2.24) is 9.97 Å². The summed E-state index contributed by atoms with van der Waals surface area (Å²) in [4.78, 5) is 7.46. The number of imidazole rings is 1. The van der Waals surface area contributed by atoms with Gasteiger partial charge in [0.05, 0.1) is 17.6 Å². The Labute approximate surface area is 90.5 Å². The van der Waals surface area contributed by atoms with E-state index in [1.54, 1.807) is 0 Å². The van der Waals surface area contributed by atoms with Gasteiger partial charge in [-0.25, -0.2) is 4.98 Å². The van der Waals surface area contributed by atoms with Crippen LogP contribution in [0.2, 0.25) is 5.02 Å². The summed E-state index contributed by atoms with van der Waals surface area (Å²) >= 11 is 7.33. The number of fused-ring (bicyclic) bond motifs is 1. The van der Waals surface area contributed by atoms with E-state index in [9.17, 15) is 0 Å². The molecule has 5 heteroatoms. The van der Waals surface area contributed by atoms with Crippen molar-refractivity contribution >= 4 is 34.4 Å². The van der Waals surface area contributed by atoms with Gasteiger partial charge in [-0.05, 0) is 18.2 Å². The summed E-state index contributed by atoms with van der Waals surface area (Å²) in [5, 5.41) is 10.2. The molecule has 1 heterocycles. The van der Waals surface area contributed by atoms with E-state index in [2.05, 4.69) is 9.97 Å². The predicted molar refractivity (Wildman–Crippen MR) is 58.9 cm³/mol. The lowest BCUT2D eigenvalue weighted by Gasteiger charge is -1.90. The molecule has 2 rings (SSSR count). The number of aliphatic hydroxyl groups excluding tert-OH is 1. The third-order valence-corrected chi connectivity index (χ3v) is 2.84. The van der Waals surface area contributed by atoms with Crippen LogP contribution >= 0.6 is 23.4 Å². The second kappa shape index (κ2) is 4.21. The van der Waals surface area contributed by atoms with Crippen LogP contribution in [-0.4, -0.2) is 27.4 Å². The van der Waals surface area contributed by atoms with Gasteiger partial charge < -0.3 is 10.1 Å². The molecule has 14 heavy (non-hydrogen) atoms. The molecule has 0 aliphatic heterocycles. The zero-order valence-corrected chi connectivity index (χ0v) is 8.90. The highest BCUT2D eigenvalue weighted by Gasteiger charge is 2.02. The largest absolute Gasteiger partial charge is 0.396 e. The second-order valence-corrected chi connectivity index (χ2v) is 4.30. The monoisotopic (exact) mass is 228 g/mol. The Balaban J connectivity index is 2.32.